The third-order valence-electron chi connectivity index (χ3n) is 8.44. The topological polar surface area (TPSA) is 202 Å². The van der Waals surface area contributed by atoms with Gasteiger partial charge in [-0.3, -0.25) is 19.5 Å². The van der Waals surface area contributed by atoms with Crippen LogP contribution in [0.3, 0.4) is 0 Å². The van der Waals surface area contributed by atoms with E-state index in [9.17, 15) is 29.4 Å². The van der Waals surface area contributed by atoms with Gasteiger partial charge in [0.1, 0.15) is 22.8 Å². The van der Waals surface area contributed by atoms with Gasteiger partial charge in [0.2, 0.25) is 0 Å². The molecule has 0 radical (unpaired) electrons. The van der Waals surface area contributed by atoms with Crippen molar-refractivity contribution in [3.8, 4) is 0 Å². The summed E-state index contributed by atoms with van der Waals surface area (Å²) < 4.78 is 0. The molecule has 1 aliphatic rings. The van der Waals surface area contributed by atoms with Gasteiger partial charge in [-0.25, -0.2) is 34.3 Å². The highest BCUT2D eigenvalue weighted by atomic mass is 16.4. The Labute approximate surface area is 308 Å². The lowest BCUT2D eigenvalue weighted by Crippen LogP contribution is -2.44. The molecular weight excluding hydrogens is 680 g/mol. The zero-order chi connectivity index (χ0) is 38.2. The van der Waals surface area contributed by atoms with Gasteiger partial charge >= 0.3 is 17.9 Å². The van der Waals surface area contributed by atoms with Crippen LogP contribution < -0.4 is 5.32 Å². The molecule has 0 saturated carbocycles. The summed E-state index contributed by atoms with van der Waals surface area (Å²) in [5.41, 5.74) is 3.61. The number of aromatic carboxylic acids is 3. The smallest absolute Gasteiger partial charge is 0.354 e. The normalized spacial score (nSPS) is 14.9. The number of ketones is 1. The molecule has 280 valence electrons. The highest BCUT2D eigenvalue weighted by molar-refractivity contribution is 5.92. The Balaban J connectivity index is 0.000000488. The number of carboxylic acids is 3. The van der Waals surface area contributed by atoms with Crippen molar-refractivity contribution >= 4 is 23.7 Å². The third-order valence-corrected chi connectivity index (χ3v) is 8.44. The first-order valence-corrected chi connectivity index (χ1v) is 17.4. The molecule has 1 aliphatic heterocycles. The summed E-state index contributed by atoms with van der Waals surface area (Å²) in [7, 11) is 0. The third kappa shape index (κ3) is 13.5. The Hall–Kier alpha value is -5.48. The van der Waals surface area contributed by atoms with Gasteiger partial charge in [0.15, 0.2) is 5.78 Å². The Morgan fingerprint density at radius 2 is 0.849 bits per heavy atom. The highest BCUT2D eigenvalue weighted by Crippen LogP contribution is 2.10. The minimum atomic E-state index is -1.06. The molecule has 4 aromatic heterocycles. The summed E-state index contributed by atoms with van der Waals surface area (Å²) in [6.45, 7) is 10.9. The fraction of sp³-hybridized carbons (Fsp3) is 0.368. The molecule has 53 heavy (non-hydrogen) atoms. The Bertz CT molecular complexity index is 1780. The van der Waals surface area contributed by atoms with Gasteiger partial charge in [0.05, 0.1) is 17.1 Å². The van der Waals surface area contributed by atoms with E-state index in [0.717, 1.165) is 50.5 Å². The Morgan fingerprint density at radius 1 is 0.528 bits per heavy atom. The molecule has 5 rings (SSSR count). The lowest BCUT2D eigenvalue weighted by molar-refractivity contribution is 0.0679. The maximum absolute atomic E-state index is 11.8. The van der Waals surface area contributed by atoms with E-state index < -0.39 is 17.9 Å². The second-order valence-electron chi connectivity index (χ2n) is 12.5. The van der Waals surface area contributed by atoms with Crippen molar-refractivity contribution in [2.45, 2.75) is 39.9 Å². The molecule has 4 N–H and O–H groups in total. The van der Waals surface area contributed by atoms with Crippen LogP contribution in [-0.4, -0.2) is 126 Å². The van der Waals surface area contributed by atoms with Crippen LogP contribution in [0.5, 0.6) is 0 Å². The molecule has 0 spiro atoms. The highest BCUT2D eigenvalue weighted by Gasteiger charge is 2.17. The number of hydrogen-bond donors (Lipinski definition) is 4. The fourth-order valence-electron chi connectivity index (χ4n) is 5.59. The van der Waals surface area contributed by atoms with Crippen LogP contribution in [0.4, 0.5) is 0 Å². The predicted molar refractivity (Wildman–Crippen MR) is 196 cm³/mol. The summed E-state index contributed by atoms with van der Waals surface area (Å²) in [5, 5.41) is 30.8. The van der Waals surface area contributed by atoms with Crippen LogP contribution in [0, 0.1) is 0 Å². The van der Waals surface area contributed by atoms with Gasteiger partial charge in [-0.2, -0.15) is 0 Å². The minimum absolute atomic E-state index is 0.0111. The van der Waals surface area contributed by atoms with Gasteiger partial charge in [0, 0.05) is 84.6 Å². The van der Waals surface area contributed by atoms with Crippen LogP contribution in [-0.2, 0) is 26.1 Å². The Morgan fingerprint density at radius 3 is 1.21 bits per heavy atom. The van der Waals surface area contributed by atoms with Gasteiger partial charge < -0.3 is 20.6 Å². The van der Waals surface area contributed by atoms with E-state index in [-0.39, 0.29) is 22.9 Å². The van der Waals surface area contributed by atoms with Crippen molar-refractivity contribution in [3.05, 3.63) is 118 Å². The number of pyridine rings is 4. The van der Waals surface area contributed by atoms with E-state index in [4.69, 9.17) is 5.11 Å². The average molecular weight is 727 g/mol. The second-order valence-corrected chi connectivity index (χ2v) is 12.5. The summed E-state index contributed by atoms with van der Waals surface area (Å²) >= 11 is 0. The van der Waals surface area contributed by atoms with Crippen LogP contribution >= 0.6 is 0 Å². The number of aromatic nitrogens is 4. The monoisotopic (exact) mass is 726 g/mol. The molecule has 0 unspecified atom stereocenters. The lowest BCUT2D eigenvalue weighted by atomic mass is 10.2. The number of nitrogens with one attached hydrogen (secondary N) is 1. The number of rotatable bonds is 11. The predicted octanol–water partition coefficient (Wildman–Crippen LogP) is 3.22. The zero-order valence-corrected chi connectivity index (χ0v) is 30.0. The van der Waals surface area contributed by atoms with Crippen molar-refractivity contribution in [1.29, 1.82) is 0 Å². The Kier molecular flexibility index (Phi) is 15.6. The number of nitrogens with zero attached hydrogens (tertiary/aromatic N) is 7. The molecule has 1 fully saturated rings. The first-order chi connectivity index (χ1) is 25.5. The van der Waals surface area contributed by atoms with Crippen LogP contribution in [0.25, 0.3) is 0 Å². The maximum Gasteiger partial charge on any atom is 0.354 e. The molecule has 4 aromatic rings. The summed E-state index contributed by atoms with van der Waals surface area (Å²) in [6, 6.07) is 20.6. The van der Waals surface area contributed by atoms with E-state index >= 15 is 0 Å². The molecule has 0 amide bonds. The van der Waals surface area contributed by atoms with Gasteiger partial charge in [-0.1, -0.05) is 31.2 Å². The quantitative estimate of drug-likeness (QED) is 0.164. The molecular formula is C38H46N8O7. The molecule has 15 heteroatoms. The fourth-order valence-corrected chi connectivity index (χ4v) is 5.59. The zero-order valence-electron chi connectivity index (χ0n) is 30.0. The molecule has 0 aliphatic carbocycles. The first kappa shape index (κ1) is 40.3. The summed E-state index contributed by atoms with van der Waals surface area (Å²) in [4.78, 5) is 69.0. The van der Waals surface area contributed by atoms with E-state index in [2.05, 4.69) is 40.0 Å². The maximum atomic E-state index is 11.8. The van der Waals surface area contributed by atoms with E-state index in [1.165, 1.54) is 25.1 Å². The molecule has 15 nitrogen and oxygen atoms in total. The number of aryl methyl sites for hydroxylation is 1. The number of carbonyl (C=O) groups is 4. The van der Waals surface area contributed by atoms with Crippen molar-refractivity contribution < 1.29 is 34.5 Å². The number of Topliss-reactive ketones (excluding diaryl/α,β-unsaturated/α-hetero) is 1. The number of hydrogen-bond acceptors (Lipinski definition) is 12. The number of carboxylic acid groups (broad SMARTS) is 3. The van der Waals surface area contributed by atoms with Crippen LogP contribution in [0.1, 0.15) is 78.6 Å². The summed E-state index contributed by atoms with van der Waals surface area (Å²) in [6.07, 6.45) is 0.765. The molecule has 0 atom stereocenters. The second kappa shape index (κ2) is 20.5. The van der Waals surface area contributed by atoms with Crippen molar-refractivity contribution in [1.82, 2.24) is 40.0 Å². The standard InChI is InChI=1S/C30H37N7O5.C8H9NO2/c1-22(38)26-8-2-5-23(32-26)19-35-13-11-31-12-14-36(20-24-6-3-9-27(33-24)29(39)40)16-18-37(17-15-35)21-25-7-4-10-28(34-25)30(41)42;1-2-6-4-3-5-7(9-6)8(10)11/h2-10,31H,11-21H2,1H3,(H,39,40)(H,41,42);3-5H,2H2,1H3,(H,10,11). The van der Waals surface area contributed by atoms with Crippen LogP contribution in [0.2, 0.25) is 0 Å². The first-order valence-electron chi connectivity index (χ1n) is 17.4. The SMILES string of the molecule is CC(=O)c1cccc(CN2CCNCCN(Cc3cccc(C(=O)O)n3)CCN(Cc3cccc(C(=O)O)n3)CC2)n1.CCc1cccc(C(=O)O)n1. The number of carbonyl (C=O) groups excluding carboxylic acids is 1. The van der Waals surface area contributed by atoms with E-state index in [1.54, 1.807) is 24.3 Å². The van der Waals surface area contributed by atoms with Crippen molar-refractivity contribution in [2.75, 3.05) is 52.4 Å². The van der Waals surface area contributed by atoms with Crippen LogP contribution in [0.15, 0.2) is 72.8 Å². The lowest BCUT2D eigenvalue weighted by Gasteiger charge is -2.31. The van der Waals surface area contributed by atoms with Crippen molar-refractivity contribution in [2.24, 2.45) is 0 Å². The summed E-state index contributed by atoms with van der Waals surface area (Å²) in [5.74, 6) is -3.15. The molecule has 0 bridgehead atoms. The van der Waals surface area contributed by atoms with Gasteiger partial charge in [-0.05, 0) is 55.0 Å². The average Bonchev–Trinajstić information content (AvgIpc) is 3.15. The van der Waals surface area contributed by atoms with E-state index in [1.807, 2.05) is 37.3 Å². The van der Waals surface area contributed by atoms with Gasteiger partial charge in [0.25, 0.3) is 0 Å². The van der Waals surface area contributed by atoms with Crippen molar-refractivity contribution in [3.63, 3.8) is 0 Å². The molecule has 1 saturated heterocycles. The minimum Gasteiger partial charge on any atom is -0.477 e. The molecule has 0 aromatic carbocycles. The van der Waals surface area contributed by atoms with Gasteiger partial charge in [-0.15, -0.1) is 0 Å². The van der Waals surface area contributed by atoms with E-state index in [0.29, 0.717) is 56.4 Å². The molecule has 5 heterocycles. The largest absolute Gasteiger partial charge is 0.477 e.